The fourth-order valence-electron chi connectivity index (χ4n) is 1.32. The summed E-state index contributed by atoms with van der Waals surface area (Å²) in [6, 6.07) is 10.2. The Morgan fingerprint density at radius 3 is 2.75 bits per heavy atom. The molecule has 2 rings (SSSR count). The summed E-state index contributed by atoms with van der Waals surface area (Å²) < 4.78 is 1.91. The number of azo groups is 2. The molecule has 0 saturated carbocycles. The minimum absolute atomic E-state index is 0.149. The molecule has 1 aromatic rings. The van der Waals surface area contributed by atoms with Gasteiger partial charge in [-0.2, -0.15) is 0 Å². The number of benzene rings is 1. The maximum absolute atomic E-state index is 4.38. The summed E-state index contributed by atoms with van der Waals surface area (Å²) in [7, 11) is 1.97. The summed E-state index contributed by atoms with van der Waals surface area (Å²) in [5, 5.41) is 7.66. The molecule has 0 aromatic heterocycles. The Morgan fingerprint density at radius 1 is 1.42 bits per heavy atom. The molecule has 0 saturated heterocycles. The van der Waals surface area contributed by atoms with Crippen molar-refractivity contribution in [1.82, 2.24) is 5.32 Å². The van der Waals surface area contributed by atoms with Gasteiger partial charge in [0.1, 0.15) is 0 Å². The number of hydrogen-bond donors (Lipinski definition) is 1. The van der Waals surface area contributed by atoms with Gasteiger partial charge in [-0.1, -0.05) is 30.3 Å². The predicted octanol–water partition coefficient (Wildman–Crippen LogP) is 1.34. The lowest BCUT2D eigenvalue weighted by Gasteiger charge is -2.00. The molecule has 1 aliphatic rings. The fraction of sp³-hybridized carbons (Fsp3) is 0.333. The molecule has 0 amide bonds. The van der Waals surface area contributed by atoms with Gasteiger partial charge in [-0.25, -0.2) is 5.32 Å². The van der Waals surface area contributed by atoms with Crippen LogP contribution in [-0.2, 0) is 0 Å². The van der Waals surface area contributed by atoms with E-state index in [4.69, 9.17) is 0 Å². The largest absolute Gasteiger partial charge is 0.229 e. The lowest BCUT2D eigenvalue weighted by molar-refractivity contribution is -0.555. The van der Waals surface area contributed by atoms with Crippen molar-refractivity contribution in [3.05, 3.63) is 35.9 Å². The van der Waals surface area contributed by atoms with Crippen LogP contribution in [0.15, 0.2) is 35.4 Å². The molecule has 1 N–H and O–H groups in total. The van der Waals surface area contributed by atoms with Crippen LogP contribution in [0.25, 0.3) is 0 Å². The molecular weight excluding hydrogens is 150 g/mol. The Balaban J connectivity index is 2.22. The quantitative estimate of drug-likeness (QED) is 0.620. The van der Waals surface area contributed by atoms with Crippen molar-refractivity contribution in [2.75, 3.05) is 13.7 Å². The summed E-state index contributed by atoms with van der Waals surface area (Å²) in [5.74, 6) is 0. The Kier molecular flexibility index (Phi) is 1.87. The molecule has 0 fully saturated rings. The van der Waals surface area contributed by atoms with Crippen molar-refractivity contribution in [2.45, 2.75) is 6.17 Å². The van der Waals surface area contributed by atoms with E-state index < -0.39 is 0 Å². The minimum Gasteiger partial charge on any atom is -0.229 e. The monoisotopic (exact) mass is 162 g/mol. The molecule has 12 heavy (non-hydrogen) atoms. The Morgan fingerprint density at radius 2 is 2.17 bits per heavy atom. The summed E-state index contributed by atoms with van der Waals surface area (Å²) in [4.78, 5) is 0. The molecule has 0 aliphatic carbocycles. The second-order valence-electron chi connectivity index (χ2n) is 2.95. The van der Waals surface area contributed by atoms with Gasteiger partial charge in [-0.05, 0) is 10.7 Å². The molecule has 1 heterocycles. The second kappa shape index (κ2) is 3.03. The molecule has 62 valence electrons. The number of rotatable bonds is 1. The van der Waals surface area contributed by atoms with E-state index in [1.165, 1.54) is 5.56 Å². The molecule has 1 unspecified atom stereocenters. The highest BCUT2D eigenvalue weighted by Crippen LogP contribution is 2.16. The van der Waals surface area contributed by atoms with Gasteiger partial charge in [-0.3, -0.25) is 0 Å². The van der Waals surface area contributed by atoms with E-state index in [0.717, 1.165) is 6.67 Å². The molecular formula is C9H12N3+. The molecule has 0 bridgehead atoms. The maximum atomic E-state index is 4.38. The van der Waals surface area contributed by atoms with E-state index in [2.05, 4.69) is 22.6 Å². The third-order valence-electron chi connectivity index (χ3n) is 1.94. The predicted molar refractivity (Wildman–Crippen MR) is 45.8 cm³/mol. The van der Waals surface area contributed by atoms with Crippen molar-refractivity contribution < 1.29 is 4.70 Å². The first-order valence-corrected chi connectivity index (χ1v) is 4.06. The Labute approximate surface area is 71.7 Å². The van der Waals surface area contributed by atoms with Gasteiger partial charge >= 0.3 is 0 Å². The van der Waals surface area contributed by atoms with Gasteiger partial charge in [0.05, 0.1) is 0 Å². The van der Waals surface area contributed by atoms with Crippen LogP contribution < -0.4 is 5.32 Å². The average molecular weight is 162 g/mol. The molecule has 0 spiro atoms. The third kappa shape index (κ3) is 1.36. The van der Waals surface area contributed by atoms with Crippen molar-refractivity contribution in [1.29, 1.82) is 0 Å². The minimum atomic E-state index is 0.149. The maximum Gasteiger partial charge on any atom is 0.224 e. The highest BCUT2D eigenvalue weighted by atomic mass is 15.4. The number of nitrogens with one attached hydrogen (secondary N) is 1. The van der Waals surface area contributed by atoms with Crippen LogP contribution in [0.2, 0.25) is 0 Å². The summed E-state index contributed by atoms with van der Waals surface area (Å²) in [6.07, 6.45) is 0.149. The molecule has 3 nitrogen and oxygen atoms in total. The van der Waals surface area contributed by atoms with Gasteiger partial charge in [0.2, 0.25) is 6.67 Å². The first-order valence-electron chi connectivity index (χ1n) is 4.06. The van der Waals surface area contributed by atoms with Crippen molar-refractivity contribution in [2.24, 2.45) is 5.11 Å². The Hall–Kier alpha value is -1.22. The SMILES string of the molecule is C[N+]1=NC(c2ccccc2)NC1. The second-order valence-corrected chi connectivity index (χ2v) is 2.95. The fourth-order valence-corrected chi connectivity index (χ4v) is 1.32. The van der Waals surface area contributed by atoms with Gasteiger partial charge in [0.25, 0.3) is 0 Å². The van der Waals surface area contributed by atoms with Crippen LogP contribution in [0, 0.1) is 0 Å². The van der Waals surface area contributed by atoms with Gasteiger partial charge in [-0.15, -0.1) is 4.70 Å². The van der Waals surface area contributed by atoms with Crippen LogP contribution in [0.3, 0.4) is 0 Å². The Bertz CT molecular complexity index is 292. The zero-order valence-corrected chi connectivity index (χ0v) is 7.07. The van der Waals surface area contributed by atoms with Gasteiger partial charge in [0, 0.05) is 0 Å². The van der Waals surface area contributed by atoms with Gasteiger partial charge < -0.3 is 0 Å². The summed E-state index contributed by atoms with van der Waals surface area (Å²) >= 11 is 0. The van der Waals surface area contributed by atoms with Crippen LogP contribution in [0.1, 0.15) is 11.7 Å². The van der Waals surface area contributed by atoms with Crippen LogP contribution in [0.4, 0.5) is 0 Å². The smallest absolute Gasteiger partial charge is 0.224 e. The molecule has 1 aromatic carbocycles. The highest BCUT2D eigenvalue weighted by Gasteiger charge is 2.20. The van der Waals surface area contributed by atoms with Crippen molar-refractivity contribution >= 4 is 0 Å². The average Bonchev–Trinajstić information content (AvgIpc) is 2.54. The zero-order valence-electron chi connectivity index (χ0n) is 7.07. The zero-order chi connectivity index (χ0) is 8.39. The van der Waals surface area contributed by atoms with E-state index in [0.29, 0.717) is 0 Å². The van der Waals surface area contributed by atoms with Crippen LogP contribution >= 0.6 is 0 Å². The summed E-state index contributed by atoms with van der Waals surface area (Å²) in [6.45, 7) is 0.833. The first kappa shape index (κ1) is 7.43. The van der Waals surface area contributed by atoms with Crippen molar-refractivity contribution in [3.8, 4) is 0 Å². The molecule has 0 radical (unpaired) electrons. The van der Waals surface area contributed by atoms with Crippen LogP contribution in [0.5, 0.6) is 0 Å². The molecule has 3 heteroatoms. The highest BCUT2D eigenvalue weighted by molar-refractivity contribution is 5.18. The standard InChI is InChI=1S/C9H12N3/c1-12-7-10-9(11-12)8-5-3-2-4-6-8/h2-6,9-10H,7H2,1H3/q+1. The van der Waals surface area contributed by atoms with Crippen LogP contribution in [-0.4, -0.2) is 18.4 Å². The number of hydrogen-bond acceptors (Lipinski definition) is 2. The van der Waals surface area contributed by atoms with E-state index in [-0.39, 0.29) is 6.17 Å². The first-order chi connectivity index (χ1) is 5.86. The molecule has 1 atom stereocenters. The number of nitrogens with zero attached hydrogens (tertiary/aromatic N) is 2. The lowest BCUT2D eigenvalue weighted by Crippen LogP contribution is -2.16. The normalized spacial score (nSPS) is 22.4. The van der Waals surface area contributed by atoms with E-state index in [1.54, 1.807) is 0 Å². The molecule has 1 aliphatic heterocycles. The topological polar surface area (TPSA) is 27.4 Å². The third-order valence-corrected chi connectivity index (χ3v) is 1.94. The lowest BCUT2D eigenvalue weighted by atomic mass is 10.2. The summed E-state index contributed by atoms with van der Waals surface area (Å²) in [5.41, 5.74) is 1.22. The van der Waals surface area contributed by atoms with Gasteiger partial charge in [0.15, 0.2) is 13.2 Å². The van der Waals surface area contributed by atoms with Crippen molar-refractivity contribution in [3.63, 3.8) is 0 Å². The van der Waals surface area contributed by atoms with E-state index in [1.807, 2.05) is 29.9 Å². The van der Waals surface area contributed by atoms with E-state index in [9.17, 15) is 0 Å². The van der Waals surface area contributed by atoms with E-state index >= 15 is 0 Å².